The Morgan fingerprint density at radius 2 is 1.80 bits per heavy atom. The van der Waals surface area contributed by atoms with Crippen molar-refractivity contribution < 1.29 is 33.3 Å². The minimum Gasteiger partial charge on any atom is -0.497 e. The molecule has 1 atom stereocenters. The average molecular weight is 501 g/mol. The summed E-state index contributed by atoms with van der Waals surface area (Å²) < 4.78 is 27.2. The number of amides is 1. The Bertz CT molecular complexity index is 1150. The fourth-order valence-electron chi connectivity index (χ4n) is 3.11. The molecular formula is C25H28N2O7S. The average Bonchev–Trinajstić information content (AvgIpc) is 3.25. The van der Waals surface area contributed by atoms with E-state index in [4.69, 9.17) is 23.7 Å². The second-order valence-electron chi connectivity index (χ2n) is 7.44. The zero-order valence-electron chi connectivity index (χ0n) is 20.0. The van der Waals surface area contributed by atoms with Gasteiger partial charge < -0.3 is 23.7 Å². The molecule has 1 N–H and O–H groups in total. The van der Waals surface area contributed by atoms with E-state index >= 15 is 0 Å². The molecule has 0 fully saturated rings. The molecule has 0 radical (unpaired) electrons. The van der Waals surface area contributed by atoms with Gasteiger partial charge >= 0.3 is 5.97 Å². The molecule has 0 saturated heterocycles. The summed E-state index contributed by atoms with van der Waals surface area (Å²) in [5.41, 5.74) is 0.837. The molecule has 9 nitrogen and oxygen atoms in total. The molecule has 1 unspecified atom stereocenters. The number of anilines is 1. The van der Waals surface area contributed by atoms with E-state index in [-0.39, 0.29) is 18.5 Å². The van der Waals surface area contributed by atoms with Gasteiger partial charge in [-0.05, 0) is 38.1 Å². The highest BCUT2D eigenvalue weighted by molar-refractivity contribution is 7.14. The molecule has 1 amide bonds. The molecule has 0 spiro atoms. The van der Waals surface area contributed by atoms with Crippen LogP contribution in [0, 0.1) is 0 Å². The van der Waals surface area contributed by atoms with Crippen LogP contribution >= 0.6 is 11.3 Å². The van der Waals surface area contributed by atoms with Crippen molar-refractivity contribution in [1.82, 2.24) is 4.98 Å². The van der Waals surface area contributed by atoms with E-state index in [1.165, 1.54) is 11.3 Å². The molecule has 0 aliphatic rings. The first-order valence-electron chi connectivity index (χ1n) is 10.9. The minimum absolute atomic E-state index is 0.0411. The van der Waals surface area contributed by atoms with Gasteiger partial charge in [-0.1, -0.05) is 6.07 Å². The Morgan fingerprint density at radius 3 is 2.54 bits per heavy atom. The number of carbonyl (C=O) groups excluding carboxylic acids is 2. The van der Waals surface area contributed by atoms with Crippen LogP contribution in [0.2, 0.25) is 0 Å². The van der Waals surface area contributed by atoms with Crippen molar-refractivity contribution in [3.8, 4) is 23.0 Å². The van der Waals surface area contributed by atoms with Crippen LogP contribution in [0.5, 0.6) is 23.0 Å². The Kier molecular flexibility index (Phi) is 9.45. The number of rotatable bonds is 12. The highest BCUT2D eigenvalue weighted by Gasteiger charge is 2.16. The Hall–Kier alpha value is -3.63. The van der Waals surface area contributed by atoms with Gasteiger partial charge in [-0.2, -0.15) is 0 Å². The Morgan fingerprint density at radius 1 is 1.06 bits per heavy atom. The van der Waals surface area contributed by atoms with Crippen molar-refractivity contribution >= 4 is 28.3 Å². The zero-order valence-corrected chi connectivity index (χ0v) is 20.8. The van der Waals surface area contributed by atoms with E-state index in [1.807, 2.05) is 13.0 Å². The normalized spacial score (nSPS) is 11.4. The predicted molar refractivity (Wildman–Crippen MR) is 132 cm³/mol. The van der Waals surface area contributed by atoms with Gasteiger partial charge in [-0.15, -0.1) is 11.3 Å². The maximum absolute atomic E-state index is 13.0. The Labute approximate surface area is 207 Å². The first kappa shape index (κ1) is 26.0. The summed E-state index contributed by atoms with van der Waals surface area (Å²) in [5, 5.41) is 4.83. The van der Waals surface area contributed by atoms with E-state index in [0.29, 0.717) is 52.6 Å². The largest absolute Gasteiger partial charge is 0.497 e. The van der Waals surface area contributed by atoms with Gasteiger partial charge in [-0.25, -0.2) is 4.98 Å². The maximum Gasteiger partial charge on any atom is 0.311 e. The van der Waals surface area contributed by atoms with Crippen LogP contribution in [-0.2, 0) is 20.7 Å². The lowest BCUT2D eigenvalue weighted by Gasteiger charge is -2.16. The fourth-order valence-corrected chi connectivity index (χ4v) is 3.81. The lowest BCUT2D eigenvalue weighted by atomic mass is 10.2. The van der Waals surface area contributed by atoms with Gasteiger partial charge in [-0.3, -0.25) is 14.9 Å². The lowest BCUT2D eigenvalue weighted by molar-refractivity contribution is -0.142. The monoisotopic (exact) mass is 500 g/mol. The van der Waals surface area contributed by atoms with Crippen molar-refractivity contribution in [3.05, 3.63) is 59.1 Å². The number of methoxy groups -OCH3 is 2. The summed E-state index contributed by atoms with van der Waals surface area (Å²) in [6.07, 6.45) is -0.202. The minimum atomic E-state index is -0.401. The molecule has 3 aromatic rings. The number of nitrogens with one attached hydrogen (secondary N) is 1. The van der Waals surface area contributed by atoms with Gasteiger partial charge in [0.2, 0.25) is 0 Å². The lowest BCUT2D eigenvalue weighted by Crippen LogP contribution is -2.18. The molecule has 186 valence electrons. The molecule has 3 rings (SSSR count). The number of aromatic nitrogens is 1. The fraction of sp³-hybridized carbons (Fsp3) is 0.320. The smallest absolute Gasteiger partial charge is 0.311 e. The van der Waals surface area contributed by atoms with Crippen LogP contribution in [0.4, 0.5) is 5.13 Å². The van der Waals surface area contributed by atoms with Crippen molar-refractivity contribution in [1.29, 1.82) is 0 Å². The van der Waals surface area contributed by atoms with Crippen LogP contribution in [0.1, 0.15) is 29.9 Å². The predicted octanol–water partition coefficient (Wildman–Crippen LogP) is 4.72. The van der Waals surface area contributed by atoms with Crippen molar-refractivity contribution in [2.75, 3.05) is 32.8 Å². The maximum atomic E-state index is 13.0. The number of carbonyl (C=O) groups is 2. The number of nitrogens with zero attached hydrogens (tertiary/aromatic N) is 1. The number of esters is 1. The van der Waals surface area contributed by atoms with Gasteiger partial charge in [0.25, 0.3) is 5.91 Å². The summed E-state index contributed by atoms with van der Waals surface area (Å²) in [5.74, 6) is 1.27. The SMILES string of the molecule is CCOC(=O)Cc1csc(NC(=O)c2cc(Oc3cccc(OC)c3)cc(OC(C)COC)c2)n1. The Balaban J connectivity index is 1.81. The standard InChI is InChI=1S/C25H28N2O7S/c1-5-32-23(28)11-18-15-35-25(26-18)27-24(29)17-9-21(33-16(2)14-30-3)13-22(10-17)34-20-8-6-7-19(12-20)31-4/h6-10,12-13,15-16H,5,11,14H2,1-4H3,(H,26,27,29). The van der Waals surface area contributed by atoms with E-state index in [1.54, 1.807) is 62.9 Å². The molecule has 2 aromatic carbocycles. The molecule has 0 aliphatic carbocycles. The number of ether oxygens (including phenoxy) is 5. The first-order valence-corrected chi connectivity index (χ1v) is 11.8. The molecular weight excluding hydrogens is 472 g/mol. The summed E-state index contributed by atoms with van der Waals surface area (Å²) in [4.78, 5) is 29.0. The molecule has 0 saturated carbocycles. The van der Waals surface area contributed by atoms with Crippen molar-refractivity contribution in [2.45, 2.75) is 26.4 Å². The molecule has 35 heavy (non-hydrogen) atoms. The quantitative estimate of drug-likeness (QED) is 0.356. The highest BCUT2D eigenvalue weighted by Crippen LogP contribution is 2.30. The van der Waals surface area contributed by atoms with Gasteiger partial charge in [0.05, 0.1) is 32.4 Å². The summed E-state index contributed by atoms with van der Waals surface area (Å²) in [6.45, 7) is 4.28. The number of thiazole rings is 1. The van der Waals surface area contributed by atoms with Crippen LogP contribution < -0.4 is 19.5 Å². The molecule has 0 aliphatic heterocycles. The molecule has 1 aromatic heterocycles. The van der Waals surface area contributed by atoms with Crippen LogP contribution in [0.15, 0.2) is 47.8 Å². The topological polar surface area (TPSA) is 105 Å². The third kappa shape index (κ3) is 7.97. The van der Waals surface area contributed by atoms with Crippen molar-refractivity contribution in [2.24, 2.45) is 0 Å². The first-order chi connectivity index (χ1) is 16.9. The summed E-state index contributed by atoms with van der Waals surface area (Å²) in [7, 11) is 3.16. The number of benzene rings is 2. The number of hydrogen-bond acceptors (Lipinski definition) is 9. The second-order valence-corrected chi connectivity index (χ2v) is 8.30. The van der Waals surface area contributed by atoms with Gasteiger partial charge in [0.15, 0.2) is 5.13 Å². The van der Waals surface area contributed by atoms with Gasteiger partial charge in [0, 0.05) is 30.2 Å². The zero-order chi connectivity index (χ0) is 25.2. The number of hydrogen-bond donors (Lipinski definition) is 1. The summed E-state index contributed by atoms with van der Waals surface area (Å²) in [6, 6.07) is 12.1. The van der Waals surface area contributed by atoms with Crippen LogP contribution in [0.3, 0.4) is 0 Å². The van der Waals surface area contributed by atoms with E-state index in [2.05, 4.69) is 10.3 Å². The molecule has 0 bridgehead atoms. The highest BCUT2D eigenvalue weighted by atomic mass is 32.1. The van der Waals surface area contributed by atoms with Crippen molar-refractivity contribution in [3.63, 3.8) is 0 Å². The summed E-state index contributed by atoms with van der Waals surface area (Å²) >= 11 is 1.22. The molecule has 1 heterocycles. The third-order valence-corrected chi connectivity index (χ3v) is 5.37. The van der Waals surface area contributed by atoms with Crippen LogP contribution in [-0.4, -0.2) is 50.4 Å². The third-order valence-electron chi connectivity index (χ3n) is 4.56. The van der Waals surface area contributed by atoms with E-state index < -0.39 is 5.91 Å². The second kappa shape index (κ2) is 12.7. The molecule has 10 heteroatoms. The van der Waals surface area contributed by atoms with E-state index in [9.17, 15) is 9.59 Å². The van der Waals surface area contributed by atoms with Gasteiger partial charge in [0.1, 0.15) is 29.1 Å². The van der Waals surface area contributed by atoms with Crippen LogP contribution in [0.25, 0.3) is 0 Å². The van der Waals surface area contributed by atoms with E-state index in [0.717, 1.165) is 0 Å².